The van der Waals surface area contributed by atoms with E-state index >= 15 is 4.79 Å². The second-order valence-electron chi connectivity index (χ2n) is 12.4. The zero-order valence-electron chi connectivity index (χ0n) is 27.2. The number of fused-ring (bicyclic) bond motifs is 5. The third-order valence-corrected chi connectivity index (χ3v) is 9.83. The maximum Gasteiger partial charge on any atom is 0.255 e. The number of allylic oxidation sites excluding steroid dienone is 1. The zero-order valence-corrected chi connectivity index (χ0v) is 27.2. The summed E-state index contributed by atoms with van der Waals surface area (Å²) in [7, 11) is 3.32. The summed E-state index contributed by atoms with van der Waals surface area (Å²) in [6.07, 6.45) is 2.15. The Morgan fingerprint density at radius 3 is 2.00 bits per heavy atom. The van der Waals surface area contributed by atoms with Crippen molar-refractivity contribution in [2.24, 2.45) is 0 Å². The van der Waals surface area contributed by atoms with Crippen LogP contribution < -0.4 is 9.47 Å². The van der Waals surface area contributed by atoms with Crippen LogP contribution in [0.2, 0.25) is 0 Å². The van der Waals surface area contributed by atoms with Crippen LogP contribution in [0.3, 0.4) is 0 Å². The van der Waals surface area contributed by atoms with Gasteiger partial charge in [-0.05, 0) is 117 Å². The van der Waals surface area contributed by atoms with Crippen LogP contribution >= 0.6 is 0 Å². The van der Waals surface area contributed by atoms with Crippen LogP contribution in [0.1, 0.15) is 68.2 Å². The number of aliphatic hydroxyl groups is 1. The Bertz CT molecular complexity index is 1940. The molecule has 1 aliphatic heterocycles. The Hall–Kier alpha value is -5.13. The molecule has 1 heterocycles. The highest BCUT2D eigenvalue weighted by molar-refractivity contribution is 6.10. The van der Waals surface area contributed by atoms with E-state index in [0.29, 0.717) is 19.4 Å². The summed E-state index contributed by atoms with van der Waals surface area (Å²) in [4.78, 5) is 17.1. The highest BCUT2D eigenvalue weighted by Gasteiger charge is 2.41. The second-order valence-corrected chi connectivity index (χ2v) is 12.4. The summed E-state index contributed by atoms with van der Waals surface area (Å²) < 4.78 is 11.0. The molecule has 0 aromatic heterocycles. The monoisotopic (exact) mass is 621 g/mol. The minimum atomic E-state index is -0.332. The molecule has 0 atom stereocenters. The average molecular weight is 622 g/mol. The molecule has 5 nitrogen and oxygen atoms in total. The number of methoxy groups -OCH3 is 2. The van der Waals surface area contributed by atoms with Gasteiger partial charge in [-0.2, -0.15) is 0 Å². The van der Waals surface area contributed by atoms with Crippen LogP contribution in [-0.4, -0.2) is 36.7 Å². The third kappa shape index (κ3) is 5.21. The molecule has 236 valence electrons. The van der Waals surface area contributed by atoms with Gasteiger partial charge < -0.3 is 19.5 Å². The summed E-state index contributed by atoms with van der Waals surface area (Å²) in [5.41, 5.74) is 14.0. The first kappa shape index (κ1) is 30.5. The van der Waals surface area contributed by atoms with Gasteiger partial charge in [0, 0.05) is 13.2 Å². The molecule has 1 aliphatic carbocycles. The van der Waals surface area contributed by atoms with Gasteiger partial charge in [-0.25, -0.2) is 0 Å². The van der Waals surface area contributed by atoms with Crippen LogP contribution in [0, 0.1) is 6.92 Å². The lowest BCUT2D eigenvalue weighted by Crippen LogP contribution is -2.30. The fraction of sp³-hybridized carbons (Fsp3) is 0.214. The van der Waals surface area contributed by atoms with E-state index in [1.807, 2.05) is 35.2 Å². The molecule has 5 heteroatoms. The van der Waals surface area contributed by atoms with Crippen LogP contribution in [0.5, 0.6) is 11.5 Å². The first-order valence-electron chi connectivity index (χ1n) is 16.2. The number of carbonyl (C=O) groups excluding carboxylic acids is 1. The van der Waals surface area contributed by atoms with Gasteiger partial charge in [0.2, 0.25) is 0 Å². The smallest absolute Gasteiger partial charge is 0.255 e. The molecule has 0 unspecified atom stereocenters. The van der Waals surface area contributed by atoms with Crippen LogP contribution in [0.4, 0.5) is 0 Å². The molecule has 0 saturated carbocycles. The van der Waals surface area contributed by atoms with E-state index in [0.717, 1.165) is 73.6 Å². The van der Waals surface area contributed by atoms with E-state index in [-0.39, 0.29) is 18.6 Å². The van der Waals surface area contributed by atoms with Gasteiger partial charge in [-0.15, -0.1) is 0 Å². The van der Waals surface area contributed by atoms with Crippen molar-refractivity contribution in [1.82, 2.24) is 4.90 Å². The first-order chi connectivity index (χ1) is 22.9. The molecule has 2 aliphatic rings. The number of benzene rings is 5. The van der Waals surface area contributed by atoms with Gasteiger partial charge in [0.1, 0.15) is 11.5 Å². The van der Waals surface area contributed by atoms with Gasteiger partial charge in [0.15, 0.2) is 0 Å². The quantitative estimate of drug-likeness (QED) is 0.166. The Morgan fingerprint density at radius 2 is 1.38 bits per heavy atom. The summed E-state index contributed by atoms with van der Waals surface area (Å²) in [6.45, 7) is 7.22. The predicted octanol–water partition coefficient (Wildman–Crippen LogP) is 8.78. The van der Waals surface area contributed by atoms with Crippen LogP contribution in [0.15, 0.2) is 104 Å². The number of nitrogens with zero attached hydrogens (tertiary/aromatic N) is 1. The van der Waals surface area contributed by atoms with E-state index < -0.39 is 0 Å². The van der Waals surface area contributed by atoms with Gasteiger partial charge >= 0.3 is 0 Å². The molecule has 0 saturated heterocycles. The standard InChI is InChI=1S/C42H39NO4/c1-26(10-9-23-44)33-12-7-8-14-35(33)38-27(2)36-24-30-11-5-6-13-34(30)39(36)40-37(38)25-43(42(40)45)41(28-15-19-31(46-3)20-16-28)29-17-21-32(47-4)22-18-29/h5-8,11-22,41,44H,1,9-10,23-25H2,2-4H3. The zero-order chi connectivity index (χ0) is 32.7. The molecule has 1 amide bonds. The molecule has 47 heavy (non-hydrogen) atoms. The number of amides is 1. The average Bonchev–Trinajstić information content (AvgIpc) is 3.66. The lowest BCUT2D eigenvalue weighted by atomic mass is 9.82. The molecule has 0 spiro atoms. The van der Waals surface area contributed by atoms with E-state index in [1.165, 1.54) is 16.7 Å². The SMILES string of the molecule is C=C(CCCO)c1ccccc1-c1c(C)c2c(c3c1CN(C(c1ccc(OC)cc1)c1ccc(OC)cc1)C3=O)-c1ccccc1C2. The highest BCUT2D eigenvalue weighted by atomic mass is 16.5. The molecular weight excluding hydrogens is 582 g/mol. The van der Waals surface area contributed by atoms with Crippen molar-refractivity contribution >= 4 is 11.5 Å². The Morgan fingerprint density at radius 1 is 0.787 bits per heavy atom. The van der Waals surface area contributed by atoms with Gasteiger partial charge in [0.25, 0.3) is 5.91 Å². The third-order valence-electron chi connectivity index (χ3n) is 9.83. The molecule has 0 radical (unpaired) electrons. The molecular formula is C42H39NO4. The van der Waals surface area contributed by atoms with E-state index in [2.05, 4.69) is 80.2 Å². The van der Waals surface area contributed by atoms with Crippen molar-refractivity contribution in [3.8, 4) is 33.8 Å². The van der Waals surface area contributed by atoms with Crippen LogP contribution in [-0.2, 0) is 13.0 Å². The van der Waals surface area contributed by atoms with E-state index in [1.54, 1.807) is 14.2 Å². The summed E-state index contributed by atoms with van der Waals surface area (Å²) in [6, 6.07) is 32.6. The Kier molecular flexibility index (Phi) is 8.17. The lowest BCUT2D eigenvalue weighted by Gasteiger charge is -2.29. The van der Waals surface area contributed by atoms with Crippen molar-refractivity contribution in [1.29, 1.82) is 0 Å². The minimum Gasteiger partial charge on any atom is -0.497 e. The van der Waals surface area contributed by atoms with Crippen molar-refractivity contribution < 1.29 is 19.4 Å². The van der Waals surface area contributed by atoms with Gasteiger partial charge in [-0.3, -0.25) is 4.79 Å². The summed E-state index contributed by atoms with van der Waals surface area (Å²) in [5.74, 6) is 1.56. The summed E-state index contributed by atoms with van der Waals surface area (Å²) >= 11 is 0. The summed E-state index contributed by atoms with van der Waals surface area (Å²) in [5, 5.41) is 9.57. The number of carbonyl (C=O) groups is 1. The van der Waals surface area contributed by atoms with Gasteiger partial charge in [0.05, 0.1) is 25.8 Å². The van der Waals surface area contributed by atoms with E-state index in [9.17, 15) is 5.11 Å². The number of hydrogen-bond acceptors (Lipinski definition) is 4. The number of hydrogen-bond donors (Lipinski definition) is 1. The first-order valence-corrected chi connectivity index (χ1v) is 16.2. The predicted molar refractivity (Wildman–Crippen MR) is 188 cm³/mol. The molecule has 0 bridgehead atoms. The fourth-order valence-corrected chi connectivity index (χ4v) is 7.53. The molecule has 5 aromatic carbocycles. The lowest BCUT2D eigenvalue weighted by molar-refractivity contribution is 0.0731. The molecule has 7 rings (SSSR count). The van der Waals surface area contributed by atoms with Crippen molar-refractivity contribution in [2.45, 2.75) is 38.8 Å². The van der Waals surface area contributed by atoms with Crippen molar-refractivity contribution in [2.75, 3.05) is 20.8 Å². The fourth-order valence-electron chi connectivity index (χ4n) is 7.53. The Balaban J connectivity index is 1.45. The maximum atomic E-state index is 15.1. The molecule has 5 aromatic rings. The molecule has 1 N–H and O–H groups in total. The number of aliphatic hydroxyl groups excluding tert-OH is 1. The number of rotatable bonds is 10. The van der Waals surface area contributed by atoms with Crippen molar-refractivity contribution in [3.63, 3.8) is 0 Å². The molecule has 0 fully saturated rings. The van der Waals surface area contributed by atoms with Crippen molar-refractivity contribution in [3.05, 3.63) is 148 Å². The van der Waals surface area contributed by atoms with E-state index in [4.69, 9.17) is 9.47 Å². The topological polar surface area (TPSA) is 59.0 Å². The highest BCUT2D eigenvalue weighted by Crippen LogP contribution is 2.51. The number of ether oxygens (including phenoxy) is 2. The normalized spacial score (nSPS) is 13.0. The minimum absolute atomic E-state index is 0.0300. The Labute approximate surface area is 276 Å². The van der Waals surface area contributed by atoms with Crippen LogP contribution in [0.25, 0.3) is 27.8 Å². The largest absolute Gasteiger partial charge is 0.497 e. The maximum absolute atomic E-state index is 15.1. The van der Waals surface area contributed by atoms with Gasteiger partial charge in [-0.1, -0.05) is 79.4 Å². The second kappa shape index (κ2) is 12.6.